The summed E-state index contributed by atoms with van der Waals surface area (Å²) in [7, 11) is 0. The van der Waals surface area contributed by atoms with Gasteiger partial charge in [0.2, 0.25) is 5.90 Å². The van der Waals surface area contributed by atoms with Gasteiger partial charge in [-0.05, 0) is 29.2 Å². The van der Waals surface area contributed by atoms with Crippen molar-refractivity contribution in [3.05, 3.63) is 35.0 Å². The van der Waals surface area contributed by atoms with Gasteiger partial charge in [-0.25, -0.2) is 9.79 Å². The average molecular weight is 286 g/mol. The first-order valence-electron chi connectivity index (χ1n) is 6.30. The third-order valence-electron chi connectivity index (χ3n) is 2.89. The maximum absolute atomic E-state index is 11.8. The molecule has 1 aliphatic rings. The number of aromatic nitrogens is 1. The topological polar surface area (TPSA) is 51.5 Å². The van der Waals surface area contributed by atoms with Crippen LogP contribution in [0.25, 0.3) is 16.3 Å². The van der Waals surface area contributed by atoms with Gasteiger partial charge in [-0.3, -0.25) is 4.98 Å². The molecule has 0 amide bonds. The van der Waals surface area contributed by atoms with Gasteiger partial charge in [0.05, 0.1) is 10.2 Å². The molecule has 0 bridgehead atoms. The number of hydrogen-bond acceptors (Lipinski definition) is 5. The molecular weight excluding hydrogens is 272 g/mol. The number of carbonyl (C=O) groups is 1. The normalized spacial score (nSPS) is 17.6. The number of esters is 1. The van der Waals surface area contributed by atoms with Crippen molar-refractivity contribution < 1.29 is 9.53 Å². The van der Waals surface area contributed by atoms with Crippen LogP contribution in [-0.2, 0) is 9.53 Å². The predicted octanol–water partition coefficient (Wildman–Crippen LogP) is 3.64. The molecule has 2 aromatic rings. The quantitative estimate of drug-likeness (QED) is 0.594. The molecule has 3 rings (SSSR count). The predicted molar refractivity (Wildman–Crippen MR) is 80.6 cm³/mol. The van der Waals surface area contributed by atoms with Gasteiger partial charge in [-0.15, -0.1) is 11.3 Å². The van der Waals surface area contributed by atoms with E-state index in [2.05, 4.69) is 9.98 Å². The lowest BCUT2D eigenvalue weighted by molar-refractivity contribution is -0.130. The Morgan fingerprint density at radius 2 is 2.15 bits per heavy atom. The smallest absolute Gasteiger partial charge is 0.363 e. The van der Waals surface area contributed by atoms with Crippen LogP contribution in [0.2, 0.25) is 0 Å². The number of pyridine rings is 1. The maximum atomic E-state index is 11.8. The zero-order valence-corrected chi connectivity index (χ0v) is 12.3. The molecule has 1 aliphatic heterocycles. The monoisotopic (exact) mass is 286 g/mol. The van der Waals surface area contributed by atoms with Crippen LogP contribution in [0.1, 0.15) is 26.3 Å². The second-order valence-electron chi connectivity index (χ2n) is 5.66. The Hall–Kier alpha value is -2.01. The van der Waals surface area contributed by atoms with Crippen LogP contribution in [0, 0.1) is 5.41 Å². The Morgan fingerprint density at radius 3 is 2.85 bits per heavy atom. The lowest BCUT2D eigenvalue weighted by atomic mass is 9.97. The fraction of sp³-hybridized carbons (Fsp3) is 0.267. The van der Waals surface area contributed by atoms with E-state index in [-0.39, 0.29) is 5.41 Å². The summed E-state index contributed by atoms with van der Waals surface area (Å²) < 4.78 is 6.30. The summed E-state index contributed by atoms with van der Waals surface area (Å²) in [5.74, 6) is 0.0557. The molecule has 0 spiro atoms. The summed E-state index contributed by atoms with van der Waals surface area (Å²) >= 11 is 1.62. The molecule has 20 heavy (non-hydrogen) atoms. The van der Waals surface area contributed by atoms with Crippen molar-refractivity contribution in [1.29, 1.82) is 0 Å². The largest absolute Gasteiger partial charge is 0.406 e. The van der Waals surface area contributed by atoms with E-state index >= 15 is 0 Å². The summed E-state index contributed by atoms with van der Waals surface area (Å²) in [6.07, 6.45) is 3.45. The minimum Gasteiger partial charge on any atom is -0.406 e. The van der Waals surface area contributed by atoms with Gasteiger partial charge in [0, 0.05) is 11.6 Å². The van der Waals surface area contributed by atoms with Crippen LogP contribution in [0.4, 0.5) is 0 Å². The maximum Gasteiger partial charge on any atom is 0.363 e. The number of nitrogens with zero attached hydrogens (tertiary/aromatic N) is 2. The Bertz CT molecular complexity index is 751. The number of ether oxygens (including phenoxy) is 1. The van der Waals surface area contributed by atoms with Gasteiger partial charge >= 0.3 is 5.97 Å². The molecule has 0 atom stereocenters. The molecule has 0 N–H and O–H groups in total. The van der Waals surface area contributed by atoms with Crippen molar-refractivity contribution in [1.82, 2.24) is 4.98 Å². The Morgan fingerprint density at radius 1 is 1.35 bits per heavy atom. The van der Waals surface area contributed by atoms with Gasteiger partial charge in [-0.2, -0.15) is 0 Å². The van der Waals surface area contributed by atoms with Crippen molar-refractivity contribution >= 4 is 39.5 Å². The molecule has 5 heteroatoms. The number of fused-ring (bicyclic) bond motifs is 1. The summed E-state index contributed by atoms with van der Waals surface area (Å²) in [5.41, 5.74) is 1.87. The van der Waals surface area contributed by atoms with Crippen molar-refractivity contribution in [2.75, 3.05) is 0 Å². The van der Waals surface area contributed by atoms with Crippen molar-refractivity contribution in [3.63, 3.8) is 0 Å². The third kappa shape index (κ3) is 2.36. The van der Waals surface area contributed by atoms with Gasteiger partial charge in [0.1, 0.15) is 0 Å². The number of hydrogen-bond donors (Lipinski definition) is 0. The van der Waals surface area contributed by atoms with Crippen LogP contribution in [-0.4, -0.2) is 16.9 Å². The Labute approximate surface area is 120 Å². The van der Waals surface area contributed by atoms with E-state index in [1.54, 1.807) is 23.6 Å². The van der Waals surface area contributed by atoms with Crippen LogP contribution >= 0.6 is 11.3 Å². The van der Waals surface area contributed by atoms with Gasteiger partial charge < -0.3 is 4.74 Å². The molecule has 0 unspecified atom stereocenters. The number of aliphatic imine (C=N–C) groups is 1. The van der Waals surface area contributed by atoms with E-state index in [0.29, 0.717) is 11.6 Å². The highest BCUT2D eigenvalue weighted by molar-refractivity contribution is 7.17. The third-order valence-corrected chi connectivity index (χ3v) is 3.74. The fourth-order valence-electron chi connectivity index (χ4n) is 1.83. The Kier molecular flexibility index (Phi) is 2.94. The summed E-state index contributed by atoms with van der Waals surface area (Å²) in [6, 6.07) is 3.97. The highest BCUT2D eigenvalue weighted by atomic mass is 32.1. The first-order valence-corrected chi connectivity index (χ1v) is 7.18. The lowest BCUT2D eigenvalue weighted by Gasteiger charge is -2.15. The minimum absolute atomic E-state index is 0.277. The minimum atomic E-state index is -0.402. The molecule has 0 fully saturated rings. The first kappa shape index (κ1) is 13.0. The fourth-order valence-corrected chi connectivity index (χ4v) is 2.62. The molecule has 0 aliphatic carbocycles. The van der Waals surface area contributed by atoms with Gasteiger partial charge in [0.25, 0.3) is 0 Å². The highest BCUT2D eigenvalue weighted by Crippen LogP contribution is 2.26. The summed E-state index contributed by atoms with van der Waals surface area (Å²) in [6.45, 7) is 5.88. The molecule has 0 radical (unpaired) electrons. The first-order chi connectivity index (χ1) is 9.43. The molecule has 102 valence electrons. The Balaban J connectivity index is 1.99. The van der Waals surface area contributed by atoms with E-state index in [0.717, 1.165) is 15.8 Å². The molecule has 2 aromatic heterocycles. The zero-order valence-electron chi connectivity index (χ0n) is 11.5. The highest BCUT2D eigenvalue weighted by Gasteiger charge is 2.31. The van der Waals surface area contributed by atoms with Crippen LogP contribution in [0.5, 0.6) is 0 Å². The summed E-state index contributed by atoms with van der Waals surface area (Å²) in [5, 5.41) is 1.99. The van der Waals surface area contributed by atoms with E-state index in [1.807, 2.05) is 38.3 Å². The second kappa shape index (κ2) is 4.52. The van der Waals surface area contributed by atoms with Gasteiger partial charge in [0.15, 0.2) is 5.70 Å². The molecule has 0 saturated heterocycles. The SMILES string of the molecule is CC(C)(C)C1=N/C(=C\c2cnc3ccsc3c2)C(=O)O1. The van der Waals surface area contributed by atoms with Gasteiger partial charge in [-0.1, -0.05) is 20.8 Å². The van der Waals surface area contributed by atoms with Crippen LogP contribution < -0.4 is 0 Å². The van der Waals surface area contributed by atoms with E-state index in [1.165, 1.54) is 0 Å². The van der Waals surface area contributed by atoms with Crippen molar-refractivity contribution in [2.24, 2.45) is 10.4 Å². The molecule has 0 aromatic carbocycles. The number of thiophene rings is 1. The number of rotatable bonds is 1. The lowest BCUT2D eigenvalue weighted by Crippen LogP contribution is -2.21. The molecular formula is C15H14N2O2S. The second-order valence-corrected chi connectivity index (χ2v) is 6.61. The standard InChI is InChI=1S/C15H14N2O2S/c1-15(2,3)14-17-11(13(18)19-14)6-9-7-12-10(16-8-9)4-5-20-12/h4-8H,1-3H3/b11-6-. The average Bonchev–Trinajstić information content (AvgIpc) is 2.95. The van der Waals surface area contributed by atoms with E-state index in [4.69, 9.17) is 4.74 Å². The molecule has 3 heterocycles. The van der Waals surface area contributed by atoms with E-state index < -0.39 is 5.97 Å². The van der Waals surface area contributed by atoms with E-state index in [9.17, 15) is 4.79 Å². The summed E-state index contributed by atoms with van der Waals surface area (Å²) in [4.78, 5) is 20.5. The van der Waals surface area contributed by atoms with Crippen LogP contribution in [0.15, 0.2) is 34.4 Å². The number of cyclic esters (lactones) is 1. The zero-order chi connectivity index (χ0) is 14.3. The van der Waals surface area contributed by atoms with Crippen molar-refractivity contribution in [3.8, 4) is 0 Å². The number of carbonyl (C=O) groups excluding carboxylic acids is 1. The molecule has 4 nitrogen and oxygen atoms in total. The molecule has 0 saturated carbocycles. The van der Waals surface area contributed by atoms with Crippen LogP contribution in [0.3, 0.4) is 0 Å². The van der Waals surface area contributed by atoms with Crippen molar-refractivity contribution in [2.45, 2.75) is 20.8 Å².